The number of carbonyl (C=O) groups excluding carboxylic acids is 1. The van der Waals surface area contributed by atoms with Gasteiger partial charge in [-0.1, -0.05) is 34.1 Å². The zero-order valence-electron chi connectivity index (χ0n) is 13.4. The second kappa shape index (κ2) is 7.48. The SMILES string of the molecule is Cn1nc(C(=O)OCCOc2ccc(Br)cc2)c2ccccc2c1=O. The number of nitrogens with zero attached hydrogens (tertiary/aromatic N) is 2. The van der Waals surface area contributed by atoms with Gasteiger partial charge in [0.15, 0.2) is 5.69 Å². The molecule has 128 valence electrons. The molecule has 0 spiro atoms. The van der Waals surface area contributed by atoms with Gasteiger partial charge in [0.1, 0.15) is 19.0 Å². The van der Waals surface area contributed by atoms with Crippen LogP contribution in [-0.4, -0.2) is 29.0 Å². The maximum Gasteiger partial charge on any atom is 0.359 e. The molecule has 0 aliphatic heterocycles. The number of fused-ring (bicyclic) bond motifs is 1. The predicted octanol–water partition coefficient (Wildman–Crippen LogP) is 2.93. The second-order valence-corrected chi connectivity index (χ2v) is 6.18. The molecule has 1 aromatic heterocycles. The molecule has 0 bridgehead atoms. The summed E-state index contributed by atoms with van der Waals surface area (Å²) in [7, 11) is 1.50. The number of aromatic nitrogens is 2. The molecule has 2 aromatic carbocycles. The van der Waals surface area contributed by atoms with Crippen molar-refractivity contribution in [1.82, 2.24) is 9.78 Å². The molecule has 0 saturated carbocycles. The van der Waals surface area contributed by atoms with E-state index in [1.54, 1.807) is 24.3 Å². The molecule has 3 aromatic rings. The van der Waals surface area contributed by atoms with Crippen molar-refractivity contribution in [3.63, 3.8) is 0 Å². The standard InChI is InChI=1S/C18H15BrN2O4/c1-21-17(22)15-5-3-2-4-14(15)16(20-21)18(23)25-11-10-24-13-8-6-12(19)7-9-13/h2-9H,10-11H2,1H3. The number of hydrogen-bond acceptors (Lipinski definition) is 5. The number of aryl methyl sites for hydroxylation is 1. The average molecular weight is 403 g/mol. The Morgan fingerprint density at radius 2 is 1.76 bits per heavy atom. The van der Waals surface area contributed by atoms with Gasteiger partial charge in [0, 0.05) is 16.9 Å². The quantitative estimate of drug-likeness (QED) is 0.484. The minimum atomic E-state index is -0.591. The summed E-state index contributed by atoms with van der Waals surface area (Å²) >= 11 is 3.35. The Morgan fingerprint density at radius 3 is 2.48 bits per heavy atom. The predicted molar refractivity (Wildman–Crippen MR) is 96.9 cm³/mol. The summed E-state index contributed by atoms with van der Waals surface area (Å²) in [6.07, 6.45) is 0. The van der Waals surface area contributed by atoms with Crippen molar-refractivity contribution < 1.29 is 14.3 Å². The minimum absolute atomic E-state index is 0.0771. The number of esters is 1. The first kappa shape index (κ1) is 17.2. The normalized spacial score (nSPS) is 10.6. The van der Waals surface area contributed by atoms with Gasteiger partial charge in [0.25, 0.3) is 5.56 Å². The maximum atomic E-state index is 12.3. The van der Waals surface area contributed by atoms with Gasteiger partial charge in [0.05, 0.1) is 5.39 Å². The first-order valence-corrected chi connectivity index (χ1v) is 8.37. The Balaban J connectivity index is 1.67. The fourth-order valence-electron chi connectivity index (χ4n) is 2.34. The van der Waals surface area contributed by atoms with Crippen LogP contribution in [0, 0.1) is 0 Å². The maximum absolute atomic E-state index is 12.3. The Bertz CT molecular complexity index is 967. The molecule has 7 heteroatoms. The molecule has 0 atom stereocenters. The Labute approximate surface area is 152 Å². The van der Waals surface area contributed by atoms with Crippen molar-refractivity contribution in [2.75, 3.05) is 13.2 Å². The molecule has 0 aliphatic rings. The molecule has 0 unspecified atom stereocenters. The van der Waals surface area contributed by atoms with Crippen molar-refractivity contribution in [3.8, 4) is 5.75 Å². The number of hydrogen-bond donors (Lipinski definition) is 0. The van der Waals surface area contributed by atoms with E-state index in [4.69, 9.17) is 9.47 Å². The van der Waals surface area contributed by atoms with Crippen LogP contribution >= 0.6 is 15.9 Å². The highest BCUT2D eigenvalue weighted by Gasteiger charge is 2.16. The van der Waals surface area contributed by atoms with Crippen molar-refractivity contribution >= 4 is 32.7 Å². The van der Waals surface area contributed by atoms with Crippen LogP contribution in [-0.2, 0) is 11.8 Å². The average Bonchev–Trinajstić information content (AvgIpc) is 2.63. The van der Waals surface area contributed by atoms with Crippen LogP contribution in [0.4, 0.5) is 0 Å². The van der Waals surface area contributed by atoms with Gasteiger partial charge in [-0.3, -0.25) is 4.79 Å². The third-order valence-corrected chi connectivity index (χ3v) is 4.08. The molecule has 0 radical (unpaired) electrons. The summed E-state index contributed by atoms with van der Waals surface area (Å²) in [6.45, 7) is 0.296. The van der Waals surface area contributed by atoms with Gasteiger partial charge in [-0.2, -0.15) is 5.10 Å². The third-order valence-electron chi connectivity index (χ3n) is 3.55. The lowest BCUT2D eigenvalue weighted by Crippen LogP contribution is -2.24. The van der Waals surface area contributed by atoms with Gasteiger partial charge in [0.2, 0.25) is 0 Å². The molecule has 6 nitrogen and oxygen atoms in total. The summed E-state index contributed by atoms with van der Waals surface area (Å²) in [5.41, 5.74) is -0.146. The van der Waals surface area contributed by atoms with Crippen LogP contribution in [0.25, 0.3) is 10.8 Å². The fourth-order valence-corrected chi connectivity index (χ4v) is 2.61. The second-order valence-electron chi connectivity index (χ2n) is 5.26. The van der Waals surface area contributed by atoms with Gasteiger partial charge >= 0.3 is 5.97 Å². The van der Waals surface area contributed by atoms with Crippen molar-refractivity contribution in [2.24, 2.45) is 7.05 Å². The highest BCUT2D eigenvalue weighted by molar-refractivity contribution is 9.10. The molecule has 0 aliphatic carbocycles. The van der Waals surface area contributed by atoms with Crippen LogP contribution < -0.4 is 10.3 Å². The number of halogens is 1. The molecular weight excluding hydrogens is 388 g/mol. The smallest absolute Gasteiger partial charge is 0.359 e. The highest BCUT2D eigenvalue weighted by atomic mass is 79.9. The monoisotopic (exact) mass is 402 g/mol. The van der Waals surface area contributed by atoms with Crippen LogP contribution in [0.3, 0.4) is 0 Å². The van der Waals surface area contributed by atoms with Crippen LogP contribution in [0.2, 0.25) is 0 Å². The Hall–Kier alpha value is -2.67. The minimum Gasteiger partial charge on any atom is -0.490 e. The lowest BCUT2D eigenvalue weighted by molar-refractivity contribution is 0.0443. The zero-order chi connectivity index (χ0) is 17.8. The van der Waals surface area contributed by atoms with E-state index in [2.05, 4.69) is 21.0 Å². The Kier molecular flexibility index (Phi) is 5.14. The van der Waals surface area contributed by atoms with E-state index in [1.807, 2.05) is 24.3 Å². The molecule has 1 heterocycles. The third kappa shape index (κ3) is 3.88. The van der Waals surface area contributed by atoms with Crippen LogP contribution in [0.5, 0.6) is 5.75 Å². The van der Waals surface area contributed by atoms with E-state index in [0.29, 0.717) is 16.5 Å². The van der Waals surface area contributed by atoms with Crippen LogP contribution in [0.1, 0.15) is 10.5 Å². The highest BCUT2D eigenvalue weighted by Crippen LogP contribution is 2.16. The molecule has 0 N–H and O–H groups in total. The molecule has 0 fully saturated rings. The Morgan fingerprint density at radius 1 is 1.08 bits per heavy atom. The van der Waals surface area contributed by atoms with E-state index in [-0.39, 0.29) is 24.5 Å². The van der Waals surface area contributed by atoms with E-state index >= 15 is 0 Å². The lowest BCUT2D eigenvalue weighted by Gasteiger charge is -2.09. The number of carbonyl (C=O) groups is 1. The molecule has 0 amide bonds. The van der Waals surface area contributed by atoms with Crippen LogP contribution in [0.15, 0.2) is 57.8 Å². The molecular formula is C18H15BrN2O4. The van der Waals surface area contributed by atoms with Crippen molar-refractivity contribution in [1.29, 1.82) is 0 Å². The van der Waals surface area contributed by atoms with Gasteiger partial charge in [-0.15, -0.1) is 0 Å². The summed E-state index contributed by atoms with van der Waals surface area (Å²) in [4.78, 5) is 24.4. The van der Waals surface area contributed by atoms with Gasteiger partial charge in [-0.05, 0) is 30.3 Å². The van der Waals surface area contributed by atoms with Crippen molar-refractivity contribution in [3.05, 3.63) is 69.1 Å². The summed E-state index contributed by atoms with van der Waals surface area (Å²) in [6, 6.07) is 14.2. The number of benzene rings is 2. The fraction of sp³-hybridized carbons (Fsp3) is 0.167. The van der Waals surface area contributed by atoms with Gasteiger partial charge in [-0.25, -0.2) is 9.48 Å². The first-order valence-electron chi connectivity index (χ1n) is 7.58. The van der Waals surface area contributed by atoms with Gasteiger partial charge < -0.3 is 9.47 Å². The number of ether oxygens (including phenoxy) is 2. The van der Waals surface area contributed by atoms with Crippen molar-refractivity contribution in [2.45, 2.75) is 0 Å². The summed E-state index contributed by atoms with van der Waals surface area (Å²) in [5.74, 6) is 0.0936. The molecule has 3 rings (SSSR count). The van der Waals surface area contributed by atoms with E-state index < -0.39 is 5.97 Å². The van der Waals surface area contributed by atoms with E-state index in [1.165, 1.54) is 7.05 Å². The molecule has 0 saturated heterocycles. The van der Waals surface area contributed by atoms with E-state index in [9.17, 15) is 9.59 Å². The van der Waals surface area contributed by atoms with E-state index in [0.717, 1.165) is 9.15 Å². The first-order chi connectivity index (χ1) is 12.1. The summed E-state index contributed by atoms with van der Waals surface area (Å²) in [5, 5.41) is 4.94. The lowest BCUT2D eigenvalue weighted by atomic mass is 10.1. The zero-order valence-corrected chi connectivity index (χ0v) is 15.0. The number of rotatable bonds is 5. The topological polar surface area (TPSA) is 70.4 Å². The molecule has 25 heavy (non-hydrogen) atoms. The largest absolute Gasteiger partial charge is 0.490 e. The summed E-state index contributed by atoms with van der Waals surface area (Å²) < 4.78 is 12.8.